The standard InChI is InChI=1S/C34H41N11O3/c1-2-17-45-41-31(40-42-45)29-27(46)28(47)33(48-29)44-22-37-26-30(38-34(39-32(26)44)35-16-20-43-18-10-5-11-19-43)36-21-25(23-12-6-3-7-13-23)24-14-8-4-9-15-24/h2-4,6-9,12-15,22,25,27-29,33,46-47H,1,5,10-11,16-21H2,(H2,35,36,38,39). The highest BCUT2D eigenvalue weighted by atomic mass is 16.6. The number of tetrazole rings is 1. The van der Waals surface area contributed by atoms with E-state index in [2.05, 4.69) is 66.8 Å². The molecule has 0 spiro atoms. The zero-order chi connectivity index (χ0) is 32.9. The zero-order valence-corrected chi connectivity index (χ0v) is 26.7. The summed E-state index contributed by atoms with van der Waals surface area (Å²) in [4.78, 5) is 18.2. The monoisotopic (exact) mass is 651 g/mol. The van der Waals surface area contributed by atoms with Crippen molar-refractivity contribution in [3.63, 3.8) is 0 Å². The fourth-order valence-electron chi connectivity index (χ4n) is 6.48. The first-order valence-corrected chi connectivity index (χ1v) is 16.5. The van der Waals surface area contributed by atoms with Crippen LogP contribution in [0.5, 0.6) is 0 Å². The van der Waals surface area contributed by atoms with E-state index in [1.165, 1.54) is 35.2 Å². The second kappa shape index (κ2) is 14.6. The Morgan fingerprint density at radius 3 is 2.38 bits per heavy atom. The Bertz CT molecular complexity index is 1750. The third-order valence-electron chi connectivity index (χ3n) is 8.99. The van der Waals surface area contributed by atoms with E-state index in [0.717, 1.165) is 19.6 Å². The van der Waals surface area contributed by atoms with Gasteiger partial charge in [-0.15, -0.1) is 16.8 Å². The average Bonchev–Trinajstić information content (AvgIpc) is 3.84. The van der Waals surface area contributed by atoms with Crippen LogP contribution in [0.2, 0.25) is 0 Å². The summed E-state index contributed by atoms with van der Waals surface area (Å²) in [5.41, 5.74) is 3.31. The van der Waals surface area contributed by atoms with E-state index in [1.54, 1.807) is 17.0 Å². The van der Waals surface area contributed by atoms with Gasteiger partial charge in [-0.2, -0.15) is 14.8 Å². The Hall–Kier alpha value is -4.76. The predicted octanol–water partition coefficient (Wildman–Crippen LogP) is 3.13. The molecule has 250 valence electrons. The summed E-state index contributed by atoms with van der Waals surface area (Å²) >= 11 is 0. The van der Waals surface area contributed by atoms with Crippen molar-refractivity contribution in [3.8, 4) is 0 Å². The molecule has 0 radical (unpaired) electrons. The van der Waals surface area contributed by atoms with Gasteiger partial charge in [0.05, 0.1) is 12.9 Å². The number of likely N-dealkylation sites (tertiary alicyclic amines) is 1. The van der Waals surface area contributed by atoms with Crippen molar-refractivity contribution in [1.29, 1.82) is 0 Å². The maximum atomic E-state index is 11.2. The maximum absolute atomic E-state index is 11.2. The molecule has 4 unspecified atom stereocenters. The van der Waals surface area contributed by atoms with Crippen LogP contribution in [0.4, 0.5) is 11.8 Å². The lowest BCUT2D eigenvalue weighted by Crippen LogP contribution is -2.34. The largest absolute Gasteiger partial charge is 0.387 e. The van der Waals surface area contributed by atoms with Gasteiger partial charge < -0.3 is 30.5 Å². The fourth-order valence-corrected chi connectivity index (χ4v) is 6.48. The van der Waals surface area contributed by atoms with Gasteiger partial charge in [0.15, 0.2) is 29.3 Å². The number of nitrogens with zero attached hydrogens (tertiary/aromatic N) is 9. The Balaban J connectivity index is 1.19. The molecule has 0 amide bonds. The predicted molar refractivity (Wildman–Crippen MR) is 180 cm³/mol. The lowest BCUT2D eigenvalue weighted by atomic mass is 9.91. The van der Waals surface area contributed by atoms with Crippen molar-refractivity contribution >= 4 is 22.9 Å². The van der Waals surface area contributed by atoms with Crippen molar-refractivity contribution in [3.05, 3.63) is 96.6 Å². The number of fused-ring (bicyclic) bond motifs is 1. The van der Waals surface area contributed by atoms with Crippen molar-refractivity contribution in [2.45, 2.75) is 56.3 Å². The number of aliphatic hydroxyl groups is 2. The molecule has 0 bridgehead atoms. The van der Waals surface area contributed by atoms with Gasteiger partial charge in [-0.1, -0.05) is 73.2 Å². The van der Waals surface area contributed by atoms with Crippen LogP contribution in [0.3, 0.4) is 0 Å². The number of anilines is 2. The average molecular weight is 652 g/mol. The minimum absolute atomic E-state index is 0.0490. The molecule has 2 aromatic carbocycles. The van der Waals surface area contributed by atoms with Gasteiger partial charge in [-0.25, -0.2) is 4.98 Å². The number of aromatic nitrogens is 8. The van der Waals surface area contributed by atoms with Gasteiger partial charge in [0, 0.05) is 25.6 Å². The van der Waals surface area contributed by atoms with Crippen molar-refractivity contribution in [2.75, 3.05) is 43.4 Å². The molecule has 5 aromatic rings. The van der Waals surface area contributed by atoms with Crippen LogP contribution >= 0.6 is 0 Å². The number of imidazole rings is 1. The van der Waals surface area contributed by atoms with E-state index >= 15 is 0 Å². The number of hydrogen-bond donors (Lipinski definition) is 4. The molecule has 3 aromatic heterocycles. The molecule has 2 fully saturated rings. The van der Waals surface area contributed by atoms with Crippen LogP contribution in [0.15, 0.2) is 79.6 Å². The molecule has 48 heavy (non-hydrogen) atoms. The third kappa shape index (κ3) is 6.78. The molecule has 5 heterocycles. The lowest BCUT2D eigenvalue weighted by Gasteiger charge is -2.26. The van der Waals surface area contributed by atoms with E-state index in [-0.39, 0.29) is 11.7 Å². The van der Waals surface area contributed by atoms with E-state index in [9.17, 15) is 10.2 Å². The first-order valence-electron chi connectivity index (χ1n) is 16.5. The molecule has 4 N–H and O–H groups in total. The topological polar surface area (TPSA) is 164 Å². The van der Waals surface area contributed by atoms with Gasteiger partial charge in [0.25, 0.3) is 0 Å². The van der Waals surface area contributed by atoms with Gasteiger partial charge >= 0.3 is 0 Å². The summed E-state index contributed by atoms with van der Waals surface area (Å²) in [5, 5.41) is 41.5. The van der Waals surface area contributed by atoms with E-state index in [0.29, 0.717) is 42.6 Å². The summed E-state index contributed by atoms with van der Waals surface area (Å²) in [7, 11) is 0. The molecule has 0 saturated carbocycles. The Morgan fingerprint density at radius 2 is 1.67 bits per heavy atom. The van der Waals surface area contributed by atoms with Crippen LogP contribution in [-0.2, 0) is 11.3 Å². The molecule has 2 aliphatic heterocycles. The number of aliphatic hydroxyl groups excluding tert-OH is 2. The van der Waals surface area contributed by atoms with Crippen molar-refractivity contribution in [1.82, 2.24) is 44.6 Å². The number of hydrogen-bond acceptors (Lipinski definition) is 12. The first-order chi connectivity index (χ1) is 23.6. The van der Waals surface area contributed by atoms with E-state index in [4.69, 9.17) is 14.7 Å². The smallest absolute Gasteiger partial charge is 0.226 e. The Kier molecular flexibility index (Phi) is 9.65. The summed E-state index contributed by atoms with van der Waals surface area (Å²) in [5.74, 6) is 1.20. The number of ether oxygens (including phenoxy) is 1. The molecular weight excluding hydrogens is 610 g/mol. The molecule has 4 atom stereocenters. The van der Waals surface area contributed by atoms with Crippen molar-refractivity contribution in [2.24, 2.45) is 0 Å². The normalized spacial score (nSPS) is 21.6. The van der Waals surface area contributed by atoms with Crippen LogP contribution in [-0.4, -0.2) is 99.8 Å². The number of rotatable bonds is 13. The number of piperidine rings is 1. The maximum Gasteiger partial charge on any atom is 0.226 e. The van der Waals surface area contributed by atoms with Gasteiger partial charge in [-0.3, -0.25) is 4.57 Å². The van der Waals surface area contributed by atoms with E-state index in [1.807, 2.05) is 36.4 Å². The summed E-state index contributed by atoms with van der Waals surface area (Å²) in [6.07, 6.45) is 2.30. The highest BCUT2D eigenvalue weighted by molar-refractivity contribution is 5.84. The van der Waals surface area contributed by atoms with Crippen molar-refractivity contribution < 1.29 is 14.9 Å². The molecule has 7 rings (SSSR count). The molecule has 0 aliphatic carbocycles. The quantitative estimate of drug-likeness (QED) is 0.138. The lowest BCUT2D eigenvalue weighted by molar-refractivity contribution is -0.0384. The Morgan fingerprint density at radius 1 is 0.938 bits per heavy atom. The second-order valence-electron chi connectivity index (χ2n) is 12.2. The molecule has 2 saturated heterocycles. The fraction of sp³-hybridized carbons (Fsp3) is 0.412. The Labute approximate surface area is 278 Å². The zero-order valence-electron chi connectivity index (χ0n) is 26.7. The highest BCUT2D eigenvalue weighted by Crippen LogP contribution is 2.39. The number of nitrogens with one attached hydrogen (secondary N) is 2. The molecule has 14 nitrogen and oxygen atoms in total. The second-order valence-corrected chi connectivity index (χ2v) is 12.2. The van der Waals surface area contributed by atoms with Gasteiger partial charge in [-0.05, 0) is 42.3 Å². The summed E-state index contributed by atoms with van der Waals surface area (Å²) in [6.45, 7) is 8.33. The molecule has 14 heteroatoms. The summed E-state index contributed by atoms with van der Waals surface area (Å²) < 4.78 is 7.81. The molecular formula is C34H41N11O3. The van der Waals surface area contributed by atoms with Crippen LogP contribution in [0.25, 0.3) is 11.2 Å². The van der Waals surface area contributed by atoms with Gasteiger partial charge in [0.2, 0.25) is 11.8 Å². The number of benzene rings is 2. The number of allylic oxidation sites excluding steroid dienone is 1. The first kappa shape index (κ1) is 31.8. The third-order valence-corrected chi connectivity index (χ3v) is 8.99. The molecule has 2 aliphatic rings. The minimum atomic E-state index is -1.30. The SMILES string of the molecule is C=CCn1nnc(C2OC(n3cnc4c(NCC(c5ccccc5)c5ccccc5)nc(NCCN5CCCCC5)nc43)C(O)C2O)n1. The van der Waals surface area contributed by atoms with Crippen LogP contribution < -0.4 is 10.6 Å². The summed E-state index contributed by atoms with van der Waals surface area (Å²) in [6, 6.07) is 20.7. The minimum Gasteiger partial charge on any atom is -0.387 e. The van der Waals surface area contributed by atoms with Crippen LogP contribution in [0, 0.1) is 0 Å². The van der Waals surface area contributed by atoms with Crippen LogP contribution in [0.1, 0.15) is 54.5 Å². The highest BCUT2D eigenvalue weighted by Gasteiger charge is 2.47. The van der Waals surface area contributed by atoms with Gasteiger partial charge in [0.1, 0.15) is 12.2 Å². The van der Waals surface area contributed by atoms with E-state index < -0.39 is 24.5 Å².